The van der Waals surface area contributed by atoms with Crippen molar-refractivity contribution in [3.63, 3.8) is 0 Å². The van der Waals surface area contributed by atoms with Gasteiger partial charge in [-0.3, -0.25) is 14.9 Å². The first kappa shape index (κ1) is 12.2. The molecule has 0 spiro atoms. The molecule has 0 unspecified atom stereocenters. The summed E-state index contributed by atoms with van der Waals surface area (Å²) >= 11 is 1.05. The summed E-state index contributed by atoms with van der Waals surface area (Å²) in [4.78, 5) is 26.4. The number of carboxylic acid groups (broad SMARTS) is 1. The van der Waals surface area contributed by atoms with Gasteiger partial charge in [0.05, 0.1) is 11.8 Å². The van der Waals surface area contributed by atoms with Crippen molar-refractivity contribution < 1.29 is 19.1 Å². The van der Waals surface area contributed by atoms with Crippen LogP contribution >= 0.6 is 11.5 Å². The molecule has 0 aliphatic rings. The number of hydrogen-bond donors (Lipinski definition) is 2. The van der Waals surface area contributed by atoms with Crippen molar-refractivity contribution in [3.8, 4) is 0 Å². The molecule has 18 heavy (non-hydrogen) atoms. The Kier molecular flexibility index (Phi) is 3.38. The van der Waals surface area contributed by atoms with E-state index in [0.717, 1.165) is 11.5 Å². The molecule has 2 rings (SSSR count). The maximum atomic E-state index is 11.9. The molecular weight excluding hydrogens is 258 g/mol. The fourth-order valence-corrected chi connectivity index (χ4v) is 1.90. The fraction of sp³-hybridized carbons (Fsp3) is 0.200. The minimum atomic E-state index is -1.06. The Morgan fingerprint density at radius 2 is 2.33 bits per heavy atom. The van der Waals surface area contributed by atoms with E-state index in [1.807, 2.05) is 0 Å². The van der Waals surface area contributed by atoms with Crippen LogP contribution in [0.3, 0.4) is 0 Å². The highest BCUT2D eigenvalue weighted by atomic mass is 32.1. The molecule has 0 saturated heterocycles. The number of nitrogens with one attached hydrogen (secondary N) is 1. The summed E-state index contributed by atoms with van der Waals surface area (Å²) in [6, 6.07) is 1.42. The minimum absolute atomic E-state index is 0.112. The molecule has 0 atom stereocenters. The Labute approximate surface area is 106 Å². The number of aromatic nitrogens is 2. The monoisotopic (exact) mass is 267 g/mol. The molecule has 8 heteroatoms. The van der Waals surface area contributed by atoms with Crippen LogP contribution in [0.1, 0.15) is 21.9 Å². The zero-order valence-corrected chi connectivity index (χ0v) is 10.2. The van der Waals surface area contributed by atoms with Gasteiger partial charge in [0.25, 0.3) is 5.91 Å². The topological polar surface area (TPSA) is 105 Å². The highest BCUT2D eigenvalue weighted by molar-refractivity contribution is 7.09. The molecule has 0 aliphatic heterocycles. The summed E-state index contributed by atoms with van der Waals surface area (Å²) in [6.45, 7) is 1.71. The Bertz CT molecular complexity index is 589. The predicted octanol–water partition coefficient (Wildman–Crippen LogP) is 1.32. The molecule has 2 heterocycles. The normalized spacial score (nSPS) is 10.3. The van der Waals surface area contributed by atoms with Crippen LogP contribution in [0.4, 0.5) is 5.13 Å². The number of hydrogen-bond acceptors (Lipinski definition) is 6. The lowest BCUT2D eigenvalue weighted by Crippen LogP contribution is -2.14. The average molecular weight is 267 g/mol. The molecule has 7 nitrogen and oxygen atoms in total. The summed E-state index contributed by atoms with van der Waals surface area (Å²) in [6.07, 6.45) is 0.934. The van der Waals surface area contributed by atoms with Crippen LogP contribution in [0, 0.1) is 6.92 Å². The van der Waals surface area contributed by atoms with Gasteiger partial charge in [-0.15, -0.1) is 0 Å². The lowest BCUT2D eigenvalue weighted by Gasteiger charge is -2.00. The Hall–Kier alpha value is -2.22. The number of rotatable bonds is 4. The van der Waals surface area contributed by atoms with E-state index in [1.165, 1.54) is 12.3 Å². The van der Waals surface area contributed by atoms with Crippen molar-refractivity contribution in [2.45, 2.75) is 13.3 Å². The van der Waals surface area contributed by atoms with Gasteiger partial charge >= 0.3 is 5.97 Å². The summed E-state index contributed by atoms with van der Waals surface area (Å²) < 4.78 is 8.89. The number of furan rings is 1. The van der Waals surface area contributed by atoms with E-state index in [4.69, 9.17) is 9.52 Å². The molecule has 2 aromatic rings. The number of carbonyl (C=O) groups excluding carboxylic acids is 1. The third-order valence-corrected chi connectivity index (χ3v) is 2.77. The van der Waals surface area contributed by atoms with Gasteiger partial charge in [-0.05, 0) is 13.0 Å². The molecule has 0 aliphatic carbocycles. The number of aliphatic carboxylic acids is 1. The van der Waals surface area contributed by atoms with E-state index in [-0.39, 0.29) is 17.7 Å². The van der Waals surface area contributed by atoms with Gasteiger partial charge in [-0.1, -0.05) is 0 Å². The highest BCUT2D eigenvalue weighted by Crippen LogP contribution is 2.16. The van der Waals surface area contributed by atoms with E-state index >= 15 is 0 Å². The van der Waals surface area contributed by atoms with Crippen molar-refractivity contribution in [3.05, 3.63) is 29.5 Å². The molecule has 0 aromatic carbocycles. The largest absolute Gasteiger partial charge is 0.481 e. The van der Waals surface area contributed by atoms with Crippen molar-refractivity contribution in [2.24, 2.45) is 0 Å². The Morgan fingerprint density at radius 3 is 2.94 bits per heavy atom. The van der Waals surface area contributed by atoms with Gasteiger partial charge in [0, 0.05) is 11.5 Å². The number of amides is 1. The molecular formula is C10H9N3O4S. The number of carbonyl (C=O) groups is 2. The quantitative estimate of drug-likeness (QED) is 0.865. The second-order valence-electron chi connectivity index (χ2n) is 3.43. The van der Waals surface area contributed by atoms with E-state index in [9.17, 15) is 9.59 Å². The lowest BCUT2D eigenvalue weighted by atomic mass is 10.2. The molecule has 0 radical (unpaired) electrons. The second-order valence-corrected chi connectivity index (χ2v) is 4.18. The molecule has 0 fully saturated rings. The molecule has 94 valence electrons. The van der Waals surface area contributed by atoms with E-state index < -0.39 is 11.9 Å². The van der Waals surface area contributed by atoms with Crippen LogP contribution in [0.5, 0.6) is 0 Å². The van der Waals surface area contributed by atoms with Crippen LogP contribution in [0.15, 0.2) is 16.7 Å². The van der Waals surface area contributed by atoms with E-state index in [0.29, 0.717) is 11.0 Å². The van der Waals surface area contributed by atoms with Crippen LogP contribution in [-0.2, 0) is 11.2 Å². The van der Waals surface area contributed by atoms with Crippen molar-refractivity contribution in [1.82, 2.24) is 9.36 Å². The van der Waals surface area contributed by atoms with Gasteiger partial charge in [-0.2, -0.15) is 4.37 Å². The minimum Gasteiger partial charge on any atom is -0.481 e. The molecule has 0 saturated carbocycles. The third-order valence-electron chi connectivity index (χ3n) is 2.05. The average Bonchev–Trinajstić information content (AvgIpc) is 2.87. The van der Waals surface area contributed by atoms with Gasteiger partial charge in [-0.25, -0.2) is 4.98 Å². The first-order valence-electron chi connectivity index (χ1n) is 4.96. The van der Waals surface area contributed by atoms with Gasteiger partial charge in [0.1, 0.15) is 18.0 Å². The zero-order chi connectivity index (χ0) is 13.1. The molecule has 1 amide bonds. The van der Waals surface area contributed by atoms with Gasteiger partial charge < -0.3 is 9.52 Å². The smallest absolute Gasteiger partial charge is 0.311 e. The lowest BCUT2D eigenvalue weighted by molar-refractivity contribution is -0.136. The molecule has 2 N–H and O–H groups in total. The first-order valence-corrected chi connectivity index (χ1v) is 5.73. The Morgan fingerprint density at radius 1 is 1.56 bits per heavy atom. The van der Waals surface area contributed by atoms with Crippen LogP contribution < -0.4 is 5.32 Å². The van der Waals surface area contributed by atoms with Crippen molar-refractivity contribution in [1.29, 1.82) is 0 Å². The maximum Gasteiger partial charge on any atom is 0.311 e. The van der Waals surface area contributed by atoms with Crippen LogP contribution in [0.2, 0.25) is 0 Å². The molecule has 0 bridgehead atoms. The number of anilines is 1. The third kappa shape index (κ3) is 2.72. The Balaban J connectivity index is 2.14. The summed E-state index contributed by atoms with van der Waals surface area (Å²) in [5.74, 6) is -0.851. The van der Waals surface area contributed by atoms with E-state index in [1.54, 1.807) is 6.92 Å². The highest BCUT2D eigenvalue weighted by Gasteiger charge is 2.18. The number of nitrogens with zero attached hydrogens (tertiary/aromatic N) is 2. The number of carboxylic acids is 1. The van der Waals surface area contributed by atoms with Crippen LogP contribution in [0.25, 0.3) is 0 Å². The molecule has 2 aromatic heterocycles. The standard InChI is InChI=1S/C10H9N3O4S/c1-5-11-10(18-13-5)12-9(16)6-2-3-17-7(6)4-8(14)15/h2-3H,4H2,1H3,(H,14,15)(H,11,12,13,16). The zero-order valence-electron chi connectivity index (χ0n) is 9.34. The second kappa shape index (κ2) is 4.96. The van der Waals surface area contributed by atoms with Crippen LogP contribution in [-0.4, -0.2) is 26.3 Å². The van der Waals surface area contributed by atoms with Crippen molar-refractivity contribution in [2.75, 3.05) is 5.32 Å². The number of aryl methyl sites for hydroxylation is 1. The summed E-state index contributed by atoms with van der Waals surface area (Å²) in [5, 5.41) is 11.6. The SMILES string of the molecule is Cc1nsc(NC(=O)c2ccoc2CC(=O)O)n1. The first-order chi connectivity index (χ1) is 8.56. The maximum absolute atomic E-state index is 11.9. The van der Waals surface area contributed by atoms with E-state index in [2.05, 4.69) is 14.7 Å². The van der Waals surface area contributed by atoms with Gasteiger partial charge in [0.15, 0.2) is 0 Å². The predicted molar refractivity (Wildman–Crippen MR) is 62.6 cm³/mol. The fourth-order valence-electron chi connectivity index (χ4n) is 1.33. The summed E-state index contributed by atoms with van der Waals surface area (Å²) in [7, 11) is 0. The van der Waals surface area contributed by atoms with Gasteiger partial charge in [0.2, 0.25) is 5.13 Å². The summed E-state index contributed by atoms with van der Waals surface area (Å²) in [5.41, 5.74) is 0.185. The van der Waals surface area contributed by atoms with Crippen molar-refractivity contribution >= 4 is 28.5 Å².